The minimum atomic E-state index is 0.808. The maximum Gasteiger partial charge on any atom is 0.0117 e. The van der Waals surface area contributed by atoms with Crippen molar-refractivity contribution < 1.29 is 0 Å². The summed E-state index contributed by atoms with van der Waals surface area (Å²) in [7, 11) is 2.32. The van der Waals surface area contributed by atoms with Gasteiger partial charge in [0.2, 0.25) is 0 Å². The lowest BCUT2D eigenvalue weighted by molar-refractivity contribution is 0.101. The number of hydrogen-bond acceptors (Lipinski definition) is 3. The Bertz CT molecular complexity index is 195. The zero-order valence-corrected chi connectivity index (χ0v) is 10.7. The summed E-state index contributed by atoms with van der Waals surface area (Å²) in [5.41, 5.74) is 5.59. The van der Waals surface area contributed by atoms with E-state index in [-0.39, 0.29) is 0 Å². The molecule has 0 aromatic carbocycles. The van der Waals surface area contributed by atoms with E-state index in [1.165, 1.54) is 51.7 Å². The van der Waals surface area contributed by atoms with Gasteiger partial charge in [0.1, 0.15) is 0 Å². The molecule has 0 bridgehead atoms. The van der Waals surface area contributed by atoms with Crippen LogP contribution in [0.2, 0.25) is 0 Å². The molecule has 2 N–H and O–H groups in total. The van der Waals surface area contributed by atoms with Crippen LogP contribution in [0.15, 0.2) is 0 Å². The van der Waals surface area contributed by atoms with E-state index in [4.69, 9.17) is 5.73 Å². The van der Waals surface area contributed by atoms with E-state index in [0.717, 1.165) is 25.0 Å². The fourth-order valence-electron chi connectivity index (χ4n) is 3.00. The molecule has 1 saturated heterocycles. The van der Waals surface area contributed by atoms with Crippen molar-refractivity contribution in [2.45, 2.75) is 38.1 Å². The zero-order valence-electron chi connectivity index (χ0n) is 10.7. The molecule has 0 atom stereocenters. The first kappa shape index (κ1) is 12.3. The van der Waals surface area contributed by atoms with Gasteiger partial charge in [-0.3, -0.25) is 0 Å². The standard InChI is InChI=1S/C13H27N3/c1-15(11-12-3-2-4-12)13-5-8-16(9-6-13)10-7-14/h12-13H,2-11,14H2,1H3. The van der Waals surface area contributed by atoms with E-state index in [2.05, 4.69) is 16.8 Å². The van der Waals surface area contributed by atoms with Gasteiger partial charge in [0.25, 0.3) is 0 Å². The Labute approximate surface area is 100.0 Å². The van der Waals surface area contributed by atoms with Crippen molar-refractivity contribution in [2.24, 2.45) is 11.7 Å². The SMILES string of the molecule is CN(CC1CCC1)C1CCN(CCN)CC1. The molecule has 0 amide bonds. The average Bonchev–Trinajstić information content (AvgIpc) is 2.25. The third-order valence-electron chi connectivity index (χ3n) is 4.40. The van der Waals surface area contributed by atoms with Crippen LogP contribution >= 0.6 is 0 Å². The van der Waals surface area contributed by atoms with Crippen LogP contribution in [-0.2, 0) is 0 Å². The summed E-state index contributed by atoms with van der Waals surface area (Å²) in [6.07, 6.45) is 7.08. The maximum atomic E-state index is 5.59. The third-order valence-corrected chi connectivity index (χ3v) is 4.40. The van der Waals surface area contributed by atoms with Crippen molar-refractivity contribution in [1.29, 1.82) is 0 Å². The second-order valence-electron chi connectivity index (χ2n) is 5.60. The molecule has 1 aliphatic heterocycles. The second-order valence-corrected chi connectivity index (χ2v) is 5.60. The number of rotatable bonds is 5. The van der Waals surface area contributed by atoms with Crippen LogP contribution in [0.1, 0.15) is 32.1 Å². The number of likely N-dealkylation sites (tertiary alicyclic amines) is 1. The number of nitrogens with two attached hydrogens (primary N) is 1. The third kappa shape index (κ3) is 3.19. The minimum Gasteiger partial charge on any atom is -0.329 e. The molecule has 0 radical (unpaired) electrons. The largest absolute Gasteiger partial charge is 0.329 e. The normalized spacial score (nSPS) is 24.9. The molecular weight excluding hydrogens is 198 g/mol. The first-order valence-corrected chi connectivity index (χ1v) is 6.92. The van der Waals surface area contributed by atoms with E-state index in [9.17, 15) is 0 Å². The number of hydrogen-bond donors (Lipinski definition) is 1. The van der Waals surface area contributed by atoms with Gasteiger partial charge in [-0.2, -0.15) is 0 Å². The Morgan fingerprint density at radius 3 is 2.38 bits per heavy atom. The Morgan fingerprint density at radius 2 is 1.88 bits per heavy atom. The molecule has 16 heavy (non-hydrogen) atoms. The highest BCUT2D eigenvalue weighted by Gasteiger charge is 2.25. The molecule has 3 nitrogen and oxygen atoms in total. The highest BCUT2D eigenvalue weighted by Crippen LogP contribution is 2.28. The van der Waals surface area contributed by atoms with Gasteiger partial charge in [-0.15, -0.1) is 0 Å². The van der Waals surface area contributed by atoms with Crippen molar-refractivity contribution in [3.05, 3.63) is 0 Å². The van der Waals surface area contributed by atoms with Gasteiger partial charge in [-0.25, -0.2) is 0 Å². The smallest absolute Gasteiger partial charge is 0.0117 e. The summed E-state index contributed by atoms with van der Waals surface area (Å²) in [6, 6.07) is 0.828. The fourth-order valence-corrected chi connectivity index (χ4v) is 3.00. The van der Waals surface area contributed by atoms with Gasteiger partial charge in [0.15, 0.2) is 0 Å². The average molecular weight is 225 g/mol. The molecule has 1 aliphatic carbocycles. The molecule has 1 saturated carbocycles. The lowest BCUT2D eigenvalue weighted by Gasteiger charge is -2.39. The highest BCUT2D eigenvalue weighted by atomic mass is 15.2. The zero-order chi connectivity index (χ0) is 11.4. The quantitative estimate of drug-likeness (QED) is 0.761. The van der Waals surface area contributed by atoms with Gasteiger partial charge >= 0.3 is 0 Å². The highest BCUT2D eigenvalue weighted by molar-refractivity contribution is 4.81. The first-order chi connectivity index (χ1) is 7.79. The van der Waals surface area contributed by atoms with E-state index in [1.54, 1.807) is 0 Å². The van der Waals surface area contributed by atoms with Gasteiger partial charge < -0.3 is 15.5 Å². The molecule has 94 valence electrons. The van der Waals surface area contributed by atoms with E-state index in [0.29, 0.717) is 0 Å². The van der Waals surface area contributed by atoms with Crippen molar-refractivity contribution in [3.63, 3.8) is 0 Å². The van der Waals surface area contributed by atoms with Gasteiger partial charge in [-0.05, 0) is 51.7 Å². The van der Waals surface area contributed by atoms with Crippen LogP contribution in [0.25, 0.3) is 0 Å². The van der Waals surface area contributed by atoms with E-state index in [1.807, 2.05) is 0 Å². The summed E-state index contributed by atoms with van der Waals surface area (Å²) in [4.78, 5) is 5.12. The van der Waals surface area contributed by atoms with Crippen molar-refractivity contribution in [2.75, 3.05) is 39.8 Å². The monoisotopic (exact) mass is 225 g/mol. The molecule has 0 aromatic heterocycles. The molecule has 0 unspecified atom stereocenters. The second kappa shape index (κ2) is 5.99. The lowest BCUT2D eigenvalue weighted by Crippen LogP contribution is -2.46. The van der Waals surface area contributed by atoms with E-state index >= 15 is 0 Å². The predicted octanol–water partition coefficient (Wildman–Crippen LogP) is 1.14. The van der Waals surface area contributed by atoms with Crippen LogP contribution in [0, 0.1) is 5.92 Å². The van der Waals surface area contributed by atoms with Crippen LogP contribution < -0.4 is 5.73 Å². The van der Waals surface area contributed by atoms with Gasteiger partial charge in [0.05, 0.1) is 0 Å². The summed E-state index contributed by atoms with van der Waals surface area (Å²) in [5.74, 6) is 1.01. The fraction of sp³-hybridized carbons (Fsp3) is 1.00. The maximum absolute atomic E-state index is 5.59. The molecule has 2 fully saturated rings. The van der Waals surface area contributed by atoms with Crippen molar-refractivity contribution >= 4 is 0 Å². The molecule has 1 heterocycles. The van der Waals surface area contributed by atoms with Gasteiger partial charge in [0, 0.05) is 25.7 Å². The van der Waals surface area contributed by atoms with E-state index < -0.39 is 0 Å². The van der Waals surface area contributed by atoms with Crippen molar-refractivity contribution in [1.82, 2.24) is 9.80 Å². The van der Waals surface area contributed by atoms with Crippen LogP contribution in [-0.4, -0.2) is 55.6 Å². The molecular formula is C13H27N3. The molecule has 0 spiro atoms. The number of piperidine rings is 1. The summed E-state index contributed by atoms with van der Waals surface area (Å²) < 4.78 is 0. The lowest BCUT2D eigenvalue weighted by atomic mass is 9.84. The Balaban J connectivity index is 1.66. The number of nitrogens with zero attached hydrogens (tertiary/aromatic N) is 2. The molecule has 0 aromatic rings. The minimum absolute atomic E-state index is 0.808. The summed E-state index contributed by atoms with van der Waals surface area (Å²) in [6.45, 7) is 5.72. The Kier molecular flexibility index (Phi) is 4.62. The summed E-state index contributed by atoms with van der Waals surface area (Å²) >= 11 is 0. The van der Waals surface area contributed by atoms with Crippen LogP contribution in [0.3, 0.4) is 0 Å². The van der Waals surface area contributed by atoms with Gasteiger partial charge in [-0.1, -0.05) is 6.42 Å². The first-order valence-electron chi connectivity index (χ1n) is 6.92. The Morgan fingerprint density at radius 1 is 1.19 bits per heavy atom. The molecule has 3 heteroatoms. The predicted molar refractivity (Wildman–Crippen MR) is 68.5 cm³/mol. The van der Waals surface area contributed by atoms with Crippen LogP contribution in [0.5, 0.6) is 0 Å². The molecule has 2 aliphatic rings. The van der Waals surface area contributed by atoms with Crippen LogP contribution in [0.4, 0.5) is 0 Å². The van der Waals surface area contributed by atoms with Crippen molar-refractivity contribution in [3.8, 4) is 0 Å². The Hall–Kier alpha value is -0.120. The topological polar surface area (TPSA) is 32.5 Å². The molecule has 2 rings (SSSR count). The summed E-state index contributed by atoms with van der Waals surface area (Å²) in [5, 5.41) is 0.